The third-order valence-corrected chi connectivity index (χ3v) is 7.24. The molecule has 37 heavy (non-hydrogen) atoms. The molecule has 2 aromatic carbocycles. The Morgan fingerprint density at radius 3 is 1.73 bits per heavy atom. The van der Waals surface area contributed by atoms with Crippen LogP contribution in [0.5, 0.6) is 23.0 Å². The minimum absolute atomic E-state index is 0.223. The van der Waals surface area contributed by atoms with Crippen molar-refractivity contribution in [3.8, 4) is 23.0 Å². The molecule has 0 fully saturated rings. The maximum atomic E-state index is 12.5. The lowest BCUT2D eigenvalue weighted by atomic mass is 9.97. The Bertz CT molecular complexity index is 1210. The summed E-state index contributed by atoms with van der Waals surface area (Å²) in [6.45, 7) is 0. The molecule has 0 bridgehead atoms. The maximum absolute atomic E-state index is 12.5. The first kappa shape index (κ1) is 28.4. The summed E-state index contributed by atoms with van der Waals surface area (Å²) in [5.41, 5.74) is -4.05. The average Bonchev–Trinajstić information content (AvgIpc) is 3.55. The molecule has 2 aromatic rings. The third kappa shape index (κ3) is 7.92. The van der Waals surface area contributed by atoms with E-state index >= 15 is 0 Å². The Morgan fingerprint density at radius 2 is 1.27 bits per heavy atom. The Morgan fingerprint density at radius 1 is 0.811 bits per heavy atom. The van der Waals surface area contributed by atoms with Crippen LogP contribution in [0, 0.1) is 11.8 Å². The zero-order valence-corrected chi connectivity index (χ0v) is 21.5. The molecule has 0 spiro atoms. The molecule has 0 heterocycles. The van der Waals surface area contributed by atoms with E-state index in [0.717, 1.165) is 43.7 Å². The molecule has 2 aliphatic carbocycles. The fourth-order valence-corrected chi connectivity index (χ4v) is 4.71. The van der Waals surface area contributed by atoms with E-state index < -0.39 is 15.6 Å². The molecular weight excluding hydrogens is 509 g/mol. The normalized spacial score (nSPS) is 15.9. The Kier molecular flexibility index (Phi) is 9.53. The predicted molar refractivity (Wildman–Crippen MR) is 134 cm³/mol. The van der Waals surface area contributed by atoms with Crippen molar-refractivity contribution in [2.75, 3.05) is 14.2 Å². The molecule has 0 radical (unpaired) electrons. The molecule has 6 nitrogen and oxygen atoms in total. The van der Waals surface area contributed by atoms with Crippen LogP contribution in [0.2, 0.25) is 0 Å². The van der Waals surface area contributed by atoms with Gasteiger partial charge in [0.15, 0.2) is 0 Å². The van der Waals surface area contributed by atoms with Gasteiger partial charge in [-0.2, -0.15) is 21.6 Å². The largest absolute Gasteiger partial charge is 0.534 e. The van der Waals surface area contributed by atoms with E-state index in [4.69, 9.17) is 9.47 Å². The van der Waals surface area contributed by atoms with Crippen molar-refractivity contribution >= 4 is 10.1 Å². The van der Waals surface area contributed by atoms with Crippen LogP contribution in [-0.2, 0) is 23.0 Å². The Hall–Kier alpha value is -3.14. The minimum Gasteiger partial charge on any atom is -0.508 e. The first-order valence-electron chi connectivity index (χ1n) is 11.9. The van der Waals surface area contributed by atoms with Gasteiger partial charge >= 0.3 is 15.6 Å². The molecule has 0 aliphatic heterocycles. The second-order valence-electron chi connectivity index (χ2n) is 8.98. The fraction of sp³-hybridized carbons (Fsp3) is 0.407. The van der Waals surface area contributed by atoms with Crippen molar-refractivity contribution in [2.45, 2.75) is 44.0 Å². The van der Waals surface area contributed by atoms with Crippen LogP contribution in [0.1, 0.15) is 36.8 Å². The highest BCUT2D eigenvalue weighted by Gasteiger charge is 2.48. The van der Waals surface area contributed by atoms with Gasteiger partial charge in [-0.3, -0.25) is 0 Å². The van der Waals surface area contributed by atoms with E-state index in [0.29, 0.717) is 29.4 Å². The molecule has 0 aromatic heterocycles. The van der Waals surface area contributed by atoms with Crippen molar-refractivity contribution in [3.63, 3.8) is 0 Å². The van der Waals surface area contributed by atoms with Crippen molar-refractivity contribution in [2.24, 2.45) is 11.8 Å². The van der Waals surface area contributed by atoms with Crippen molar-refractivity contribution in [3.05, 3.63) is 71.8 Å². The first-order chi connectivity index (χ1) is 17.5. The topological polar surface area (TPSA) is 82.1 Å². The van der Waals surface area contributed by atoms with Crippen molar-refractivity contribution in [1.29, 1.82) is 0 Å². The van der Waals surface area contributed by atoms with Gasteiger partial charge in [-0.05, 0) is 73.6 Å². The zero-order valence-electron chi connectivity index (χ0n) is 20.7. The van der Waals surface area contributed by atoms with E-state index in [9.17, 15) is 26.7 Å². The van der Waals surface area contributed by atoms with Crippen LogP contribution >= 0.6 is 0 Å². The number of aromatic hydroxyl groups is 1. The van der Waals surface area contributed by atoms with Gasteiger partial charge in [-0.25, -0.2) is 0 Å². The minimum atomic E-state index is -5.70. The van der Waals surface area contributed by atoms with Crippen LogP contribution in [-0.4, -0.2) is 33.3 Å². The number of halogens is 3. The molecule has 0 amide bonds. The summed E-state index contributed by atoms with van der Waals surface area (Å²) < 4.78 is 74.1. The molecule has 0 saturated heterocycles. The quantitative estimate of drug-likeness (QED) is 0.239. The third-order valence-electron chi connectivity index (χ3n) is 6.28. The number of phenolic OH excluding ortho intramolecular Hbond substituents is 1. The smallest absolute Gasteiger partial charge is 0.508 e. The lowest BCUT2D eigenvalue weighted by Crippen LogP contribution is -2.28. The molecule has 10 heteroatoms. The van der Waals surface area contributed by atoms with Gasteiger partial charge in [0, 0.05) is 12.1 Å². The number of benzene rings is 2. The van der Waals surface area contributed by atoms with E-state index in [1.807, 2.05) is 24.3 Å². The summed E-state index contributed by atoms with van der Waals surface area (Å²) in [7, 11) is -2.77. The number of hydrogen-bond acceptors (Lipinski definition) is 6. The van der Waals surface area contributed by atoms with Gasteiger partial charge in [-0.1, -0.05) is 36.4 Å². The van der Waals surface area contributed by atoms with Crippen LogP contribution < -0.4 is 13.7 Å². The Balaban J connectivity index is 0.000000220. The zero-order chi connectivity index (χ0) is 27.1. The molecule has 202 valence electrons. The highest BCUT2D eigenvalue weighted by molar-refractivity contribution is 7.88. The van der Waals surface area contributed by atoms with E-state index in [1.54, 1.807) is 19.2 Å². The van der Waals surface area contributed by atoms with Gasteiger partial charge in [0.2, 0.25) is 0 Å². The van der Waals surface area contributed by atoms with Gasteiger partial charge in [0.05, 0.1) is 14.2 Å². The van der Waals surface area contributed by atoms with Crippen LogP contribution in [0.15, 0.2) is 60.7 Å². The fourth-order valence-electron chi connectivity index (χ4n) is 4.22. The highest BCUT2D eigenvalue weighted by atomic mass is 32.2. The summed E-state index contributed by atoms with van der Waals surface area (Å²) in [6.07, 6.45) is 13.6. The predicted octanol–water partition coefficient (Wildman–Crippen LogP) is 6.34. The molecule has 1 N–H and O–H groups in total. The molecule has 0 atom stereocenters. The number of methoxy groups -OCH3 is 2. The lowest BCUT2D eigenvalue weighted by molar-refractivity contribution is -0.0500. The van der Waals surface area contributed by atoms with Gasteiger partial charge < -0.3 is 18.8 Å². The maximum Gasteiger partial charge on any atom is 0.534 e. The molecule has 2 aliphatic rings. The van der Waals surface area contributed by atoms with Crippen molar-refractivity contribution < 1.29 is 40.4 Å². The summed E-state index contributed by atoms with van der Waals surface area (Å²) in [4.78, 5) is 0. The van der Waals surface area contributed by atoms with Gasteiger partial charge in [-0.15, -0.1) is 0 Å². The van der Waals surface area contributed by atoms with E-state index in [-0.39, 0.29) is 17.4 Å². The number of alkyl halides is 3. The summed E-state index contributed by atoms with van der Waals surface area (Å²) >= 11 is 0. The highest BCUT2D eigenvalue weighted by Crippen LogP contribution is 2.34. The second kappa shape index (κ2) is 12.4. The van der Waals surface area contributed by atoms with Gasteiger partial charge in [0.1, 0.15) is 23.0 Å². The summed E-state index contributed by atoms with van der Waals surface area (Å²) in [6, 6.07) is 9.77. The first-order valence-corrected chi connectivity index (χ1v) is 13.3. The number of phenols is 1. The van der Waals surface area contributed by atoms with Crippen molar-refractivity contribution in [1.82, 2.24) is 0 Å². The number of hydrogen-bond donors (Lipinski definition) is 1. The van der Waals surface area contributed by atoms with E-state index in [1.165, 1.54) is 13.2 Å². The molecule has 4 rings (SSSR count). The SMILES string of the molecule is COc1ccc(CC2CC=CC2)c(O)c1.COc1ccc(CC2CC=CC2)c(OS(=O)(=O)C(F)(F)F)c1. The second-order valence-corrected chi connectivity index (χ2v) is 10.5. The summed E-state index contributed by atoms with van der Waals surface area (Å²) in [5.74, 6) is 1.82. The number of allylic oxidation sites excluding steroid dienone is 4. The number of rotatable bonds is 8. The monoisotopic (exact) mass is 540 g/mol. The van der Waals surface area contributed by atoms with Crippen LogP contribution in [0.4, 0.5) is 13.2 Å². The molecule has 0 saturated carbocycles. The standard InChI is InChI=1S/C14H15F3O4S.C13H16O2/c1-20-12-7-6-11(8-10-4-2-3-5-10)13(9-12)21-22(18,19)14(15,16)17;1-15-12-7-6-11(13(14)9-12)8-10-4-2-3-5-10/h2-3,6-7,9-10H,4-5,8H2,1H3;2-3,6-7,9-10,14H,4-5,8H2,1H3. The Labute approximate surface area is 215 Å². The van der Waals surface area contributed by atoms with Gasteiger partial charge in [0.25, 0.3) is 0 Å². The number of ether oxygens (including phenoxy) is 2. The average molecular weight is 541 g/mol. The van der Waals surface area contributed by atoms with E-state index in [2.05, 4.69) is 16.3 Å². The molecular formula is C27H31F3O6S. The molecule has 0 unspecified atom stereocenters. The van der Waals surface area contributed by atoms with Crippen LogP contribution in [0.25, 0.3) is 0 Å². The van der Waals surface area contributed by atoms with Crippen LogP contribution in [0.3, 0.4) is 0 Å². The summed E-state index contributed by atoms with van der Waals surface area (Å²) in [5, 5.41) is 9.78. The lowest BCUT2D eigenvalue weighted by Gasteiger charge is -2.16.